The topological polar surface area (TPSA) is 62.4 Å². The molecule has 2 aromatic rings. The van der Waals surface area contributed by atoms with Crippen LogP contribution in [0.4, 0.5) is 10.8 Å². The van der Waals surface area contributed by atoms with Gasteiger partial charge in [-0.25, -0.2) is 4.98 Å². The zero-order valence-electron chi connectivity index (χ0n) is 10.1. The Bertz CT molecular complexity index is 509. The summed E-state index contributed by atoms with van der Waals surface area (Å²) >= 11 is 1.61. The van der Waals surface area contributed by atoms with Crippen molar-refractivity contribution in [3.8, 4) is 0 Å². The molecule has 1 aromatic carbocycles. The molecule has 0 bridgehead atoms. The molecule has 5 heteroatoms. The van der Waals surface area contributed by atoms with Crippen molar-refractivity contribution in [3.63, 3.8) is 0 Å². The van der Waals surface area contributed by atoms with E-state index in [1.807, 2.05) is 18.2 Å². The van der Waals surface area contributed by atoms with Gasteiger partial charge in [0.2, 0.25) is 0 Å². The van der Waals surface area contributed by atoms with Crippen molar-refractivity contribution >= 4 is 32.4 Å². The summed E-state index contributed by atoms with van der Waals surface area (Å²) in [6.07, 6.45) is 0. The van der Waals surface area contributed by atoms with Crippen molar-refractivity contribution in [2.24, 2.45) is 0 Å². The van der Waals surface area contributed by atoms with Crippen molar-refractivity contribution in [3.05, 3.63) is 18.2 Å². The third-order valence-electron chi connectivity index (χ3n) is 2.61. The van der Waals surface area contributed by atoms with Gasteiger partial charge in [0.15, 0.2) is 5.13 Å². The maximum atomic E-state index is 9.08. The molecule has 3 N–H and O–H groups in total. The second-order valence-corrected chi connectivity index (χ2v) is 5.24. The van der Waals surface area contributed by atoms with E-state index >= 15 is 0 Å². The quantitative estimate of drug-likeness (QED) is 0.817. The van der Waals surface area contributed by atoms with Crippen LogP contribution in [-0.4, -0.2) is 29.3 Å². The van der Waals surface area contributed by atoms with Crippen LogP contribution in [0.3, 0.4) is 0 Å². The highest BCUT2D eigenvalue weighted by Crippen LogP contribution is 2.30. The largest absolute Gasteiger partial charge is 0.399 e. The minimum Gasteiger partial charge on any atom is -0.399 e. The Morgan fingerprint density at radius 3 is 2.88 bits per heavy atom. The maximum Gasteiger partial charge on any atom is 0.186 e. The molecular formula is C12H17N3OS. The van der Waals surface area contributed by atoms with E-state index in [1.165, 1.54) is 0 Å². The van der Waals surface area contributed by atoms with Gasteiger partial charge in [-0.15, -0.1) is 0 Å². The number of thiazole rings is 1. The molecule has 0 amide bonds. The molecule has 0 saturated carbocycles. The lowest BCUT2D eigenvalue weighted by atomic mass is 10.3. The number of nitrogens with two attached hydrogens (primary N) is 1. The highest BCUT2D eigenvalue weighted by atomic mass is 32.1. The number of aromatic nitrogens is 1. The van der Waals surface area contributed by atoms with Gasteiger partial charge in [0.05, 0.1) is 16.8 Å². The summed E-state index contributed by atoms with van der Waals surface area (Å²) in [6.45, 7) is 4.93. The SMILES string of the molecule is CC(C)N(CCO)c1nc2ccc(N)cc2s1. The van der Waals surface area contributed by atoms with Crippen molar-refractivity contribution in [2.45, 2.75) is 19.9 Å². The lowest BCUT2D eigenvalue weighted by Gasteiger charge is -2.24. The molecule has 0 spiro atoms. The minimum atomic E-state index is 0.135. The highest BCUT2D eigenvalue weighted by Gasteiger charge is 2.14. The predicted octanol–water partition coefficient (Wildman–Crippen LogP) is 2.09. The molecule has 0 aliphatic heterocycles. The van der Waals surface area contributed by atoms with Crippen LogP contribution >= 0.6 is 11.3 Å². The van der Waals surface area contributed by atoms with E-state index in [9.17, 15) is 0 Å². The molecule has 2 rings (SSSR count). The van der Waals surface area contributed by atoms with Gasteiger partial charge in [-0.05, 0) is 32.0 Å². The summed E-state index contributed by atoms with van der Waals surface area (Å²) < 4.78 is 1.09. The fourth-order valence-electron chi connectivity index (χ4n) is 1.73. The summed E-state index contributed by atoms with van der Waals surface area (Å²) in [5.41, 5.74) is 7.47. The number of aliphatic hydroxyl groups is 1. The summed E-state index contributed by atoms with van der Waals surface area (Å²) in [5, 5.41) is 10.0. The molecule has 0 atom stereocenters. The number of hydrogen-bond acceptors (Lipinski definition) is 5. The van der Waals surface area contributed by atoms with Gasteiger partial charge in [0.1, 0.15) is 0 Å². The van der Waals surface area contributed by atoms with Crippen LogP contribution in [0.25, 0.3) is 10.2 Å². The normalized spacial score (nSPS) is 11.3. The van der Waals surface area contributed by atoms with E-state index in [-0.39, 0.29) is 6.61 Å². The number of benzene rings is 1. The van der Waals surface area contributed by atoms with Gasteiger partial charge in [-0.3, -0.25) is 0 Å². The van der Waals surface area contributed by atoms with Crippen LogP contribution in [0.1, 0.15) is 13.8 Å². The average Bonchev–Trinajstić information content (AvgIpc) is 2.67. The summed E-state index contributed by atoms with van der Waals surface area (Å²) in [7, 11) is 0. The second kappa shape index (κ2) is 4.89. The van der Waals surface area contributed by atoms with Crippen molar-refractivity contribution < 1.29 is 5.11 Å². The Morgan fingerprint density at radius 1 is 1.47 bits per heavy atom. The summed E-state index contributed by atoms with van der Waals surface area (Å²) in [6, 6.07) is 6.05. The van der Waals surface area contributed by atoms with Gasteiger partial charge in [-0.2, -0.15) is 0 Å². The summed E-state index contributed by atoms with van der Waals surface area (Å²) in [5.74, 6) is 0. The standard InChI is InChI=1S/C12H17N3OS/c1-8(2)15(5-6-16)12-14-10-4-3-9(13)7-11(10)17-12/h3-4,7-8,16H,5-6,13H2,1-2H3. The Morgan fingerprint density at radius 2 is 2.24 bits per heavy atom. The molecule has 0 unspecified atom stereocenters. The van der Waals surface area contributed by atoms with Crippen LogP contribution in [0.2, 0.25) is 0 Å². The first kappa shape index (κ1) is 12.1. The molecule has 92 valence electrons. The van der Waals surface area contributed by atoms with E-state index in [0.717, 1.165) is 21.0 Å². The molecule has 0 aliphatic carbocycles. The van der Waals surface area contributed by atoms with Gasteiger partial charge < -0.3 is 15.7 Å². The van der Waals surface area contributed by atoms with Crippen LogP contribution in [0, 0.1) is 0 Å². The van der Waals surface area contributed by atoms with E-state index in [4.69, 9.17) is 10.8 Å². The minimum absolute atomic E-state index is 0.135. The molecule has 0 radical (unpaired) electrons. The Hall–Kier alpha value is -1.33. The lowest BCUT2D eigenvalue weighted by molar-refractivity contribution is 0.299. The fourth-order valence-corrected chi connectivity index (χ4v) is 2.91. The third kappa shape index (κ3) is 2.50. The first-order valence-corrected chi connectivity index (χ1v) is 6.47. The number of nitrogens with zero attached hydrogens (tertiary/aromatic N) is 2. The number of hydrogen-bond donors (Lipinski definition) is 2. The van der Waals surface area contributed by atoms with Crippen LogP contribution in [0.15, 0.2) is 18.2 Å². The number of rotatable bonds is 4. The van der Waals surface area contributed by atoms with Gasteiger partial charge in [0, 0.05) is 18.3 Å². The average molecular weight is 251 g/mol. The van der Waals surface area contributed by atoms with E-state index in [1.54, 1.807) is 11.3 Å². The first-order chi connectivity index (χ1) is 8.11. The Balaban J connectivity index is 2.40. The van der Waals surface area contributed by atoms with Crippen LogP contribution in [0.5, 0.6) is 0 Å². The monoisotopic (exact) mass is 251 g/mol. The molecule has 0 fully saturated rings. The highest BCUT2D eigenvalue weighted by molar-refractivity contribution is 7.22. The van der Waals surface area contributed by atoms with E-state index in [0.29, 0.717) is 12.6 Å². The number of aliphatic hydroxyl groups excluding tert-OH is 1. The Kier molecular flexibility index (Phi) is 3.49. The summed E-state index contributed by atoms with van der Waals surface area (Å²) in [4.78, 5) is 6.67. The van der Waals surface area contributed by atoms with Crippen molar-refractivity contribution in [1.29, 1.82) is 0 Å². The zero-order chi connectivity index (χ0) is 12.4. The molecule has 0 aliphatic rings. The number of anilines is 2. The Labute approximate surface area is 105 Å². The van der Waals surface area contributed by atoms with Crippen LogP contribution < -0.4 is 10.6 Å². The second-order valence-electron chi connectivity index (χ2n) is 4.23. The van der Waals surface area contributed by atoms with E-state index in [2.05, 4.69) is 23.7 Å². The van der Waals surface area contributed by atoms with Crippen LogP contribution in [-0.2, 0) is 0 Å². The van der Waals surface area contributed by atoms with E-state index < -0.39 is 0 Å². The smallest absolute Gasteiger partial charge is 0.186 e. The van der Waals surface area contributed by atoms with Gasteiger partial charge in [-0.1, -0.05) is 11.3 Å². The molecule has 1 heterocycles. The molecule has 4 nitrogen and oxygen atoms in total. The first-order valence-electron chi connectivity index (χ1n) is 5.65. The third-order valence-corrected chi connectivity index (χ3v) is 3.67. The van der Waals surface area contributed by atoms with Gasteiger partial charge >= 0.3 is 0 Å². The zero-order valence-corrected chi connectivity index (χ0v) is 10.9. The molecular weight excluding hydrogens is 234 g/mol. The maximum absolute atomic E-state index is 9.08. The molecule has 0 saturated heterocycles. The van der Waals surface area contributed by atoms with Crippen molar-refractivity contribution in [1.82, 2.24) is 4.98 Å². The predicted molar refractivity (Wildman–Crippen MR) is 73.6 cm³/mol. The molecule has 1 aromatic heterocycles. The number of nitrogen functional groups attached to an aromatic ring is 1. The fraction of sp³-hybridized carbons (Fsp3) is 0.417. The van der Waals surface area contributed by atoms with Crippen molar-refractivity contribution in [2.75, 3.05) is 23.8 Å². The lowest BCUT2D eigenvalue weighted by Crippen LogP contribution is -2.33. The number of fused-ring (bicyclic) bond motifs is 1. The molecule has 17 heavy (non-hydrogen) atoms. The van der Waals surface area contributed by atoms with Gasteiger partial charge in [0.25, 0.3) is 0 Å².